The summed E-state index contributed by atoms with van der Waals surface area (Å²) >= 11 is 0. The molecule has 0 spiro atoms. The van der Waals surface area contributed by atoms with Crippen molar-refractivity contribution in [3.63, 3.8) is 0 Å². The second kappa shape index (κ2) is 7.21. The Morgan fingerprint density at radius 1 is 1.18 bits per heavy atom. The van der Waals surface area contributed by atoms with Crippen LogP contribution in [0.2, 0.25) is 0 Å². The molecule has 5 nitrogen and oxygen atoms in total. The Hall–Kier alpha value is -3.08. The van der Waals surface area contributed by atoms with E-state index in [4.69, 9.17) is 4.74 Å². The summed E-state index contributed by atoms with van der Waals surface area (Å²) in [5, 5.41) is 10.7. The average Bonchev–Trinajstić information content (AvgIpc) is 3.22. The number of ether oxygens (including phenoxy) is 1. The first-order valence-corrected chi connectivity index (χ1v) is 11.7. The Balaban J connectivity index is 1.73. The number of hydrogen-bond acceptors (Lipinski definition) is 3. The zero-order valence-electron chi connectivity index (χ0n) is 19.5. The van der Waals surface area contributed by atoms with E-state index in [1.807, 2.05) is 51.1 Å². The molecule has 0 aromatic heterocycles. The van der Waals surface area contributed by atoms with E-state index >= 15 is 0 Å². The van der Waals surface area contributed by atoms with Gasteiger partial charge in [0.15, 0.2) is 0 Å². The molecule has 2 bridgehead atoms. The van der Waals surface area contributed by atoms with Gasteiger partial charge in [-0.15, -0.1) is 0 Å². The minimum Gasteiger partial charge on any atom is -0.481 e. The third kappa shape index (κ3) is 2.98. The van der Waals surface area contributed by atoms with Gasteiger partial charge in [-0.1, -0.05) is 61.2 Å². The van der Waals surface area contributed by atoms with Crippen LogP contribution in [0, 0.1) is 11.3 Å². The maximum absolute atomic E-state index is 13.1. The molecule has 1 amide bonds. The fourth-order valence-corrected chi connectivity index (χ4v) is 6.84. The summed E-state index contributed by atoms with van der Waals surface area (Å²) in [6.45, 7) is 10.00. The predicted octanol–water partition coefficient (Wildman–Crippen LogP) is 5.44. The van der Waals surface area contributed by atoms with Crippen molar-refractivity contribution in [2.75, 3.05) is 13.1 Å². The molecule has 2 fully saturated rings. The molecule has 1 saturated heterocycles. The summed E-state index contributed by atoms with van der Waals surface area (Å²) < 4.78 is 5.68. The van der Waals surface area contributed by atoms with Crippen LogP contribution in [0.15, 0.2) is 55.1 Å². The summed E-state index contributed by atoms with van der Waals surface area (Å²) in [6, 6.07) is 16.5. The summed E-state index contributed by atoms with van der Waals surface area (Å²) in [6.07, 6.45) is 3.04. The van der Waals surface area contributed by atoms with Crippen LogP contribution in [-0.2, 0) is 14.9 Å². The van der Waals surface area contributed by atoms with E-state index < -0.39 is 28.5 Å². The number of amides is 1. The van der Waals surface area contributed by atoms with Crippen molar-refractivity contribution in [3.8, 4) is 0 Å². The van der Waals surface area contributed by atoms with Crippen molar-refractivity contribution in [2.45, 2.75) is 50.5 Å². The van der Waals surface area contributed by atoms with Crippen LogP contribution in [0.3, 0.4) is 0 Å². The Bertz CT molecular complexity index is 1130. The van der Waals surface area contributed by atoms with E-state index in [9.17, 15) is 14.7 Å². The Labute approximate surface area is 195 Å². The molecule has 4 aliphatic rings. The molecule has 0 radical (unpaired) electrons. The molecule has 1 aliphatic heterocycles. The number of carbonyl (C=O) groups excluding carboxylic acids is 1. The van der Waals surface area contributed by atoms with Gasteiger partial charge in [-0.05, 0) is 55.9 Å². The van der Waals surface area contributed by atoms with Crippen LogP contribution in [0.25, 0.3) is 6.08 Å². The van der Waals surface area contributed by atoms with Gasteiger partial charge >= 0.3 is 12.1 Å². The van der Waals surface area contributed by atoms with Crippen LogP contribution >= 0.6 is 0 Å². The number of aliphatic carboxylic acids is 1. The van der Waals surface area contributed by atoms with E-state index in [0.29, 0.717) is 6.54 Å². The van der Waals surface area contributed by atoms with E-state index in [2.05, 4.69) is 30.8 Å². The highest BCUT2D eigenvalue weighted by atomic mass is 16.6. The fraction of sp³-hybridized carbons (Fsp3) is 0.429. The van der Waals surface area contributed by atoms with Crippen molar-refractivity contribution in [2.24, 2.45) is 11.3 Å². The monoisotopic (exact) mass is 445 g/mol. The fourth-order valence-electron chi connectivity index (χ4n) is 6.84. The number of carbonyl (C=O) groups is 2. The molecule has 1 N–H and O–H groups in total. The summed E-state index contributed by atoms with van der Waals surface area (Å²) in [5.74, 6) is -1.21. The maximum atomic E-state index is 13.1. The molecule has 1 heterocycles. The van der Waals surface area contributed by atoms with E-state index in [1.165, 1.54) is 5.56 Å². The SMILES string of the molecule is C=Cc1ccc2c(c1)C1(c3ccccc3)CCC2C2(C(=O)O)CN(C(=O)OC(C)(C)C)CC12. The van der Waals surface area contributed by atoms with E-state index in [-0.39, 0.29) is 18.4 Å². The lowest BCUT2D eigenvalue weighted by molar-refractivity contribution is -0.157. The minimum atomic E-state index is -1.05. The number of hydrogen-bond donors (Lipinski definition) is 1. The topological polar surface area (TPSA) is 66.8 Å². The molecular weight excluding hydrogens is 414 g/mol. The number of fused-ring (bicyclic) bond motifs is 1. The summed E-state index contributed by atoms with van der Waals surface area (Å²) in [4.78, 5) is 27.9. The number of rotatable bonds is 3. The van der Waals surface area contributed by atoms with Gasteiger partial charge < -0.3 is 14.7 Å². The largest absolute Gasteiger partial charge is 0.481 e. The number of nitrogens with zero attached hydrogens (tertiary/aromatic N) is 1. The third-order valence-corrected chi connectivity index (χ3v) is 8.03. The molecule has 33 heavy (non-hydrogen) atoms. The highest BCUT2D eigenvalue weighted by Gasteiger charge is 2.71. The van der Waals surface area contributed by atoms with Crippen LogP contribution in [0.5, 0.6) is 0 Å². The molecule has 2 aromatic carbocycles. The quantitative estimate of drug-likeness (QED) is 0.683. The van der Waals surface area contributed by atoms with Crippen LogP contribution in [0.1, 0.15) is 61.8 Å². The average molecular weight is 446 g/mol. The van der Waals surface area contributed by atoms with Gasteiger partial charge in [-0.3, -0.25) is 4.79 Å². The van der Waals surface area contributed by atoms with Crippen molar-refractivity contribution in [1.29, 1.82) is 0 Å². The smallest absolute Gasteiger partial charge is 0.410 e. The first-order valence-electron chi connectivity index (χ1n) is 11.7. The van der Waals surface area contributed by atoms with Gasteiger partial charge in [0.2, 0.25) is 0 Å². The second-order valence-corrected chi connectivity index (χ2v) is 10.7. The van der Waals surface area contributed by atoms with Crippen LogP contribution in [-0.4, -0.2) is 40.8 Å². The number of benzene rings is 2. The van der Waals surface area contributed by atoms with Gasteiger partial charge in [0, 0.05) is 30.3 Å². The number of likely N-dealkylation sites (tertiary alicyclic amines) is 1. The molecule has 6 rings (SSSR count). The second-order valence-electron chi connectivity index (χ2n) is 10.7. The third-order valence-electron chi connectivity index (χ3n) is 8.03. The van der Waals surface area contributed by atoms with Gasteiger partial charge in [0.05, 0.1) is 5.41 Å². The van der Waals surface area contributed by atoms with Crippen LogP contribution < -0.4 is 0 Å². The molecule has 4 atom stereocenters. The molecule has 1 saturated carbocycles. The zero-order valence-corrected chi connectivity index (χ0v) is 19.5. The zero-order chi connectivity index (χ0) is 23.6. The van der Waals surface area contributed by atoms with E-state index in [0.717, 1.165) is 29.5 Å². The molecule has 4 unspecified atom stereocenters. The van der Waals surface area contributed by atoms with Gasteiger partial charge in [0.1, 0.15) is 5.60 Å². The Kier molecular flexibility index (Phi) is 4.75. The van der Waals surface area contributed by atoms with E-state index in [1.54, 1.807) is 4.90 Å². The molecular formula is C28H31NO4. The molecule has 5 heteroatoms. The lowest BCUT2D eigenvalue weighted by atomic mass is 9.42. The maximum Gasteiger partial charge on any atom is 0.410 e. The van der Waals surface area contributed by atoms with Crippen molar-refractivity contribution in [3.05, 3.63) is 77.4 Å². The molecule has 172 valence electrons. The van der Waals surface area contributed by atoms with Gasteiger partial charge in [0.25, 0.3) is 0 Å². The minimum absolute atomic E-state index is 0.146. The lowest BCUT2D eigenvalue weighted by Crippen LogP contribution is -2.60. The van der Waals surface area contributed by atoms with Crippen molar-refractivity contribution >= 4 is 18.1 Å². The first-order chi connectivity index (χ1) is 15.6. The molecule has 2 aromatic rings. The Morgan fingerprint density at radius 2 is 1.91 bits per heavy atom. The number of carboxylic acid groups (broad SMARTS) is 1. The lowest BCUT2D eigenvalue weighted by Gasteiger charge is -2.59. The Morgan fingerprint density at radius 3 is 2.55 bits per heavy atom. The van der Waals surface area contributed by atoms with Crippen molar-refractivity contribution < 1.29 is 19.4 Å². The van der Waals surface area contributed by atoms with Gasteiger partial charge in [-0.2, -0.15) is 0 Å². The molecule has 3 aliphatic carbocycles. The normalized spacial score (nSPS) is 29.8. The predicted molar refractivity (Wildman–Crippen MR) is 127 cm³/mol. The van der Waals surface area contributed by atoms with Gasteiger partial charge in [-0.25, -0.2) is 4.79 Å². The summed E-state index contributed by atoms with van der Waals surface area (Å²) in [5.41, 5.74) is 2.26. The van der Waals surface area contributed by atoms with Crippen LogP contribution in [0.4, 0.5) is 4.79 Å². The van der Waals surface area contributed by atoms with Crippen molar-refractivity contribution in [1.82, 2.24) is 4.90 Å². The summed E-state index contributed by atoms with van der Waals surface area (Å²) in [7, 11) is 0. The highest BCUT2D eigenvalue weighted by molar-refractivity contribution is 5.83. The first kappa shape index (κ1) is 21.7. The standard InChI is InChI=1S/C28H31NO4/c1-5-18-11-12-20-21-13-14-27(22(20)15-18,19-9-7-6-8-10-19)23-16-29(17-28(21,23)24(30)31)25(32)33-26(2,3)4/h5-12,15,21,23H,1,13-14,16-17H2,2-4H3,(H,30,31). The highest BCUT2D eigenvalue weighted by Crippen LogP contribution is 2.69. The number of carboxylic acids is 1.